The zero-order valence-electron chi connectivity index (χ0n) is 17.1. The van der Waals surface area contributed by atoms with Crippen molar-refractivity contribution in [3.63, 3.8) is 0 Å². The minimum atomic E-state index is -0.506. The number of amides is 1. The van der Waals surface area contributed by atoms with Crippen LogP contribution in [0.4, 0.5) is 16.4 Å². The maximum absolute atomic E-state index is 12.5. The quantitative estimate of drug-likeness (QED) is 0.670. The normalized spacial score (nSPS) is 15.2. The molecule has 1 amide bonds. The van der Waals surface area contributed by atoms with E-state index in [2.05, 4.69) is 25.3 Å². The van der Waals surface area contributed by atoms with Gasteiger partial charge in [-0.25, -0.2) is 19.7 Å². The van der Waals surface area contributed by atoms with E-state index in [9.17, 15) is 4.79 Å². The number of pyridine rings is 1. The van der Waals surface area contributed by atoms with E-state index in [1.165, 1.54) is 5.56 Å². The Hall–Kier alpha value is -3.07. The molecule has 5 rings (SSSR count). The Balaban J connectivity index is 1.44. The number of nitrogens with zero attached hydrogens (tertiary/aromatic N) is 5. The van der Waals surface area contributed by atoms with Gasteiger partial charge in [-0.2, -0.15) is 0 Å². The molecule has 3 aromatic heterocycles. The maximum atomic E-state index is 12.5. The van der Waals surface area contributed by atoms with Crippen LogP contribution in [0.25, 0.3) is 10.2 Å². The molecule has 8 nitrogen and oxygen atoms in total. The molecule has 0 bridgehead atoms. The molecule has 2 aliphatic heterocycles. The van der Waals surface area contributed by atoms with Gasteiger partial charge in [0.15, 0.2) is 0 Å². The topological polar surface area (TPSA) is 92.6 Å². The Morgan fingerprint density at radius 2 is 2.13 bits per heavy atom. The number of nitrogens with one attached hydrogen (secondary N) is 1. The molecule has 0 saturated carbocycles. The summed E-state index contributed by atoms with van der Waals surface area (Å²) in [4.78, 5) is 34.0. The van der Waals surface area contributed by atoms with Crippen molar-refractivity contribution in [3.05, 3.63) is 40.2 Å². The lowest BCUT2D eigenvalue weighted by Gasteiger charge is -2.30. The fourth-order valence-corrected chi connectivity index (χ4v) is 4.89. The van der Waals surface area contributed by atoms with Gasteiger partial charge in [-0.3, -0.25) is 4.99 Å². The number of hydrogen-bond acceptors (Lipinski definition) is 8. The first-order valence-corrected chi connectivity index (χ1v) is 10.7. The number of hydrogen-bond donors (Lipinski definition) is 1. The first-order valence-electron chi connectivity index (χ1n) is 9.86. The van der Waals surface area contributed by atoms with Gasteiger partial charge in [-0.1, -0.05) is 0 Å². The van der Waals surface area contributed by atoms with Gasteiger partial charge in [0.2, 0.25) is 0 Å². The summed E-state index contributed by atoms with van der Waals surface area (Å²) in [5.74, 6) is 1.47. The lowest BCUT2D eigenvalue weighted by Crippen LogP contribution is -2.39. The highest BCUT2D eigenvalue weighted by atomic mass is 32.1. The zero-order chi connectivity index (χ0) is 20.9. The molecule has 5 heterocycles. The van der Waals surface area contributed by atoms with E-state index in [1.54, 1.807) is 22.6 Å². The van der Waals surface area contributed by atoms with Crippen molar-refractivity contribution in [2.75, 3.05) is 11.9 Å². The van der Waals surface area contributed by atoms with Gasteiger partial charge in [0.05, 0.1) is 18.5 Å². The summed E-state index contributed by atoms with van der Waals surface area (Å²) >= 11 is 1.60. The van der Waals surface area contributed by atoms with E-state index in [0.717, 1.165) is 44.3 Å². The Morgan fingerprint density at radius 3 is 2.97 bits per heavy atom. The van der Waals surface area contributed by atoms with Crippen LogP contribution < -0.4 is 5.32 Å². The van der Waals surface area contributed by atoms with Crippen molar-refractivity contribution in [3.8, 4) is 0 Å². The molecular formula is C21H22N6O2S. The van der Waals surface area contributed by atoms with E-state index >= 15 is 0 Å². The lowest BCUT2D eigenvalue weighted by molar-refractivity contribution is 0.0227. The van der Waals surface area contributed by atoms with Gasteiger partial charge < -0.3 is 15.0 Å². The van der Waals surface area contributed by atoms with Crippen LogP contribution in [-0.4, -0.2) is 44.3 Å². The molecule has 154 valence electrons. The van der Waals surface area contributed by atoms with Crippen molar-refractivity contribution in [1.82, 2.24) is 19.9 Å². The third-order valence-electron chi connectivity index (χ3n) is 5.05. The molecule has 0 aromatic carbocycles. The smallest absolute Gasteiger partial charge is 0.410 e. The Labute approximate surface area is 178 Å². The summed E-state index contributed by atoms with van der Waals surface area (Å²) in [5.41, 5.74) is 2.90. The molecule has 30 heavy (non-hydrogen) atoms. The first-order chi connectivity index (χ1) is 14.4. The number of rotatable bonds is 2. The van der Waals surface area contributed by atoms with Crippen LogP contribution in [0.2, 0.25) is 0 Å². The van der Waals surface area contributed by atoms with Crippen molar-refractivity contribution < 1.29 is 9.53 Å². The van der Waals surface area contributed by atoms with Crippen LogP contribution in [-0.2, 0) is 24.2 Å². The summed E-state index contributed by atoms with van der Waals surface area (Å²) in [6, 6.07) is 1.99. The number of anilines is 2. The molecule has 0 unspecified atom stereocenters. The van der Waals surface area contributed by atoms with E-state index in [1.807, 2.05) is 39.2 Å². The standard InChI is InChI=1S/C21H22N6O2S/c1-21(2,3)29-20(28)27-5-4-14-15(10-27)30-19-17(14)18(24-11-25-19)26-16-6-12-7-22-8-13(12)9-23-16/h6-7,9,11H,4-5,8,10H2,1-3H3,(H,23,24,25,26). The van der Waals surface area contributed by atoms with Gasteiger partial charge in [0, 0.05) is 35.0 Å². The van der Waals surface area contributed by atoms with E-state index < -0.39 is 5.60 Å². The highest BCUT2D eigenvalue weighted by Gasteiger charge is 2.29. The fourth-order valence-electron chi connectivity index (χ4n) is 3.69. The van der Waals surface area contributed by atoms with E-state index in [0.29, 0.717) is 19.6 Å². The number of ether oxygens (including phenoxy) is 1. The van der Waals surface area contributed by atoms with Crippen molar-refractivity contribution in [2.24, 2.45) is 4.99 Å². The molecule has 9 heteroatoms. The highest BCUT2D eigenvalue weighted by molar-refractivity contribution is 7.19. The molecule has 2 aliphatic rings. The number of aromatic nitrogens is 3. The van der Waals surface area contributed by atoms with Crippen molar-refractivity contribution >= 4 is 45.5 Å². The number of thiophene rings is 1. The van der Waals surface area contributed by atoms with Crippen molar-refractivity contribution in [1.29, 1.82) is 0 Å². The minimum absolute atomic E-state index is 0.279. The predicted molar refractivity (Wildman–Crippen MR) is 117 cm³/mol. The summed E-state index contributed by atoms with van der Waals surface area (Å²) in [6.45, 7) is 7.46. The largest absolute Gasteiger partial charge is 0.444 e. The molecule has 0 aliphatic carbocycles. The van der Waals surface area contributed by atoms with E-state index in [4.69, 9.17) is 4.74 Å². The van der Waals surface area contributed by atoms with Gasteiger partial charge >= 0.3 is 6.09 Å². The third-order valence-corrected chi connectivity index (χ3v) is 6.17. The number of carbonyl (C=O) groups is 1. The van der Waals surface area contributed by atoms with Gasteiger partial charge in [-0.15, -0.1) is 11.3 Å². The second kappa shape index (κ2) is 7.02. The SMILES string of the molecule is CC(C)(C)OC(=O)N1CCc2c(sc3ncnc(Nc4cc5c(cn4)CN=C5)c23)C1. The van der Waals surface area contributed by atoms with Crippen LogP contribution in [0.5, 0.6) is 0 Å². The second-order valence-electron chi connectivity index (χ2n) is 8.42. The van der Waals surface area contributed by atoms with Gasteiger partial charge in [0.25, 0.3) is 0 Å². The highest BCUT2D eigenvalue weighted by Crippen LogP contribution is 2.38. The molecule has 3 aromatic rings. The average molecular weight is 423 g/mol. The minimum Gasteiger partial charge on any atom is -0.444 e. The zero-order valence-corrected chi connectivity index (χ0v) is 17.9. The Bertz CT molecular complexity index is 1180. The molecule has 0 atom stereocenters. The molecule has 0 spiro atoms. The number of aliphatic imine (C=N–C) groups is 1. The van der Waals surface area contributed by atoms with Crippen LogP contribution in [0, 0.1) is 0 Å². The third kappa shape index (κ3) is 3.49. The summed E-state index contributed by atoms with van der Waals surface area (Å²) in [6.07, 6.45) is 5.74. The summed E-state index contributed by atoms with van der Waals surface area (Å²) < 4.78 is 5.54. The van der Waals surface area contributed by atoms with Crippen LogP contribution in [0.3, 0.4) is 0 Å². The molecule has 1 N–H and O–H groups in total. The van der Waals surface area contributed by atoms with Crippen LogP contribution in [0.15, 0.2) is 23.6 Å². The summed E-state index contributed by atoms with van der Waals surface area (Å²) in [7, 11) is 0. The average Bonchev–Trinajstić information content (AvgIpc) is 3.30. The molecular weight excluding hydrogens is 400 g/mol. The Morgan fingerprint density at radius 1 is 1.27 bits per heavy atom. The van der Waals surface area contributed by atoms with Crippen molar-refractivity contribution in [2.45, 2.75) is 45.9 Å². The van der Waals surface area contributed by atoms with Gasteiger partial charge in [0.1, 0.15) is 28.4 Å². The predicted octanol–water partition coefficient (Wildman–Crippen LogP) is 4.06. The molecule has 0 saturated heterocycles. The lowest BCUT2D eigenvalue weighted by atomic mass is 10.1. The van der Waals surface area contributed by atoms with E-state index in [-0.39, 0.29) is 6.09 Å². The molecule has 0 radical (unpaired) electrons. The number of fused-ring (bicyclic) bond motifs is 4. The van der Waals surface area contributed by atoms with Crippen LogP contribution in [0.1, 0.15) is 42.3 Å². The number of carbonyl (C=O) groups excluding carboxylic acids is 1. The first kappa shape index (κ1) is 18.9. The second-order valence-corrected chi connectivity index (χ2v) is 9.50. The fraction of sp³-hybridized carbons (Fsp3) is 0.381. The summed E-state index contributed by atoms with van der Waals surface area (Å²) in [5, 5.41) is 4.37. The Kier molecular flexibility index (Phi) is 4.43. The molecule has 0 fully saturated rings. The monoisotopic (exact) mass is 422 g/mol. The van der Waals surface area contributed by atoms with Crippen LogP contribution >= 0.6 is 11.3 Å². The maximum Gasteiger partial charge on any atom is 0.410 e. The van der Waals surface area contributed by atoms with Gasteiger partial charge in [-0.05, 0) is 38.8 Å².